The number of nitrogens with one attached hydrogen (secondary N) is 1. The lowest BCUT2D eigenvalue weighted by molar-refractivity contribution is -0.143. The van der Waals surface area contributed by atoms with Crippen LogP contribution in [0.2, 0.25) is 0 Å². The average Bonchev–Trinajstić information content (AvgIpc) is 2.93. The van der Waals surface area contributed by atoms with E-state index in [0.29, 0.717) is 0 Å². The fraction of sp³-hybridized carbons (Fsp3) is 0.529. The van der Waals surface area contributed by atoms with E-state index in [1.807, 2.05) is 30.3 Å². The summed E-state index contributed by atoms with van der Waals surface area (Å²) in [6, 6.07) is 8.91. The first kappa shape index (κ1) is 15.0. The Bertz CT molecular complexity index is 540. The van der Waals surface area contributed by atoms with Gasteiger partial charge in [-0.3, -0.25) is 9.69 Å². The quantitative estimate of drug-likeness (QED) is 0.855. The van der Waals surface area contributed by atoms with Gasteiger partial charge in [0.05, 0.1) is 13.2 Å². The van der Waals surface area contributed by atoms with E-state index >= 15 is 0 Å². The van der Waals surface area contributed by atoms with Crippen LogP contribution in [0.25, 0.3) is 0 Å². The molecule has 2 fully saturated rings. The Labute approximate surface area is 130 Å². The number of amides is 1. The predicted molar refractivity (Wildman–Crippen MR) is 82.3 cm³/mol. The van der Waals surface area contributed by atoms with E-state index in [0.717, 1.165) is 31.5 Å². The monoisotopic (exact) mass is 302 g/mol. The number of esters is 1. The average molecular weight is 302 g/mol. The number of methoxy groups -OCH3 is 1. The Morgan fingerprint density at radius 2 is 1.86 bits per heavy atom. The lowest BCUT2D eigenvalue weighted by atomic mass is 9.86. The summed E-state index contributed by atoms with van der Waals surface area (Å²) >= 11 is 0. The molecule has 1 amide bonds. The number of ether oxygens (including phenoxy) is 1. The number of benzene rings is 1. The number of likely N-dealkylation sites (tertiary alicyclic amines) is 1. The first-order valence-corrected chi connectivity index (χ1v) is 7.89. The van der Waals surface area contributed by atoms with Gasteiger partial charge in [-0.05, 0) is 31.5 Å². The molecule has 2 saturated heterocycles. The smallest absolute Gasteiger partial charge is 0.329 e. The van der Waals surface area contributed by atoms with Crippen LogP contribution in [-0.2, 0) is 14.3 Å². The molecule has 0 saturated carbocycles. The van der Waals surface area contributed by atoms with Crippen LogP contribution in [0.1, 0.15) is 30.7 Å². The van der Waals surface area contributed by atoms with Crippen LogP contribution in [0.3, 0.4) is 0 Å². The van der Waals surface area contributed by atoms with Gasteiger partial charge in [0.25, 0.3) is 0 Å². The SMILES string of the molecule is COC(=O)[C@H]1NC(=O)C(N2CCCCC2)C1c1ccccc1. The number of piperidine rings is 1. The minimum Gasteiger partial charge on any atom is -0.467 e. The van der Waals surface area contributed by atoms with Crippen LogP contribution in [0, 0.1) is 0 Å². The topological polar surface area (TPSA) is 58.6 Å². The summed E-state index contributed by atoms with van der Waals surface area (Å²) in [6.07, 6.45) is 3.42. The van der Waals surface area contributed by atoms with Crippen molar-refractivity contribution in [3.8, 4) is 0 Å². The second-order valence-electron chi connectivity index (χ2n) is 5.99. The largest absolute Gasteiger partial charge is 0.467 e. The third-order valence-corrected chi connectivity index (χ3v) is 4.69. The van der Waals surface area contributed by atoms with Crippen molar-refractivity contribution in [2.45, 2.75) is 37.3 Å². The summed E-state index contributed by atoms with van der Waals surface area (Å²) in [4.78, 5) is 26.9. The van der Waals surface area contributed by atoms with Gasteiger partial charge in [-0.2, -0.15) is 0 Å². The van der Waals surface area contributed by atoms with Crippen molar-refractivity contribution in [1.29, 1.82) is 0 Å². The summed E-state index contributed by atoms with van der Waals surface area (Å²) in [6.45, 7) is 1.82. The van der Waals surface area contributed by atoms with Gasteiger partial charge in [0.1, 0.15) is 6.04 Å². The number of hydrogen-bond donors (Lipinski definition) is 1. The maximum Gasteiger partial charge on any atom is 0.329 e. The maximum absolute atomic E-state index is 12.5. The fourth-order valence-electron chi connectivity index (χ4n) is 3.65. The molecular formula is C17H22N2O3. The van der Waals surface area contributed by atoms with Crippen molar-refractivity contribution >= 4 is 11.9 Å². The normalized spacial score (nSPS) is 29.1. The molecule has 1 aromatic rings. The zero-order valence-corrected chi connectivity index (χ0v) is 12.8. The lowest BCUT2D eigenvalue weighted by Gasteiger charge is -2.34. The predicted octanol–water partition coefficient (Wildman–Crippen LogP) is 1.30. The van der Waals surface area contributed by atoms with Gasteiger partial charge in [0, 0.05) is 5.92 Å². The summed E-state index contributed by atoms with van der Waals surface area (Å²) in [7, 11) is 1.37. The number of rotatable bonds is 3. The second-order valence-corrected chi connectivity index (χ2v) is 5.99. The molecule has 0 aromatic heterocycles. The first-order valence-electron chi connectivity index (χ1n) is 7.89. The van der Waals surface area contributed by atoms with Gasteiger partial charge in [-0.1, -0.05) is 36.8 Å². The molecule has 2 aliphatic heterocycles. The molecule has 5 nitrogen and oxygen atoms in total. The summed E-state index contributed by atoms with van der Waals surface area (Å²) in [5, 5.41) is 2.85. The summed E-state index contributed by atoms with van der Waals surface area (Å²) in [5.41, 5.74) is 1.01. The Kier molecular flexibility index (Phi) is 4.43. The molecule has 3 atom stereocenters. The molecule has 2 unspecified atom stereocenters. The molecule has 0 aliphatic carbocycles. The Hall–Kier alpha value is -1.88. The van der Waals surface area contributed by atoms with Gasteiger partial charge < -0.3 is 10.1 Å². The van der Waals surface area contributed by atoms with E-state index in [1.54, 1.807) is 0 Å². The van der Waals surface area contributed by atoms with Crippen molar-refractivity contribution in [2.24, 2.45) is 0 Å². The number of nitrogens with zero attached hydrogens (tertiary/aromatic N) is 1. The van der Waals surface area contributed by atoms with Crippen molar-refractivity contribution in [3.63, 3.8) is 0 Å². The van der Waals surface area contributed by atoms with Gasteiger partial charge in [0.2, 0.25) is 5.91 Å². The molecule has 2 aliphatic rings. The Balaban J connectivity index is 1.95. The molecule has 118 valence electrons. The van der Waals surface area contributed by atoms with Crippen molar-refractivity contribution in [1.82, 2.24) is 10.2 Å². The van der Waals surface area contributed by atoms with Crippen molar-refractivity contribution in [2.75, 3.05) is 20.2 Å². The second kappa shape index (κ2) is 6.48. The molecule has 5 heteroatoms. The Morgan fingerprint density at radius 1 is 1.18 bits per heavy atom. The van der Waals surface area contributed by atoms with Crippen LogP contribution in [0.15, 0.2) is 30.3 Å². The molecule has 3 rings (SSSR count). The number of carbonyl (C=O) groups excluding carboxylic acids is 2. The van der Waals surface area contributed by atoms with Gasteiger partial charge >= 0.3 is 5.97 Å². The number of carbonyl (C=O) groups is 2. The minimum absolute atomic E-state index is 0.0637. The molecule has 0 radical (unpaired) electrons. The van der Waals surface area contributed by atoms with Gasteiger partial charge in [-0.25, -0.2) is 4.79 Å². The molecule has 1 aromatic carbocycles. The fourth-order valence-corrected chi connectivity index (χ4v) is 3.65. The van der Waals surface area contributed by atoms with Gasteiger partial charge in [-0.15, -0.1) is 0 Å². The van der Waals surface area contributed by atoms with E-state index in [1.165, 1.54) is 13.5 Å². The van der Waals surface area contributed by atoms with Crippen LogP contribution in [0.5, 0.6) is 0 Å². The highest BCUT2D eigenvalue weighted by Crippen LogP contribution is 2.34. The standard InChI is InChI=1S/C17H22N2O3/c1-22-17(21)14-13(12-8-4-2-5-9-12)15(16(20)18-14)19-10-6-3-7-11-19/h2,4-5,8-9,13-15H,3,6-7,10-11H2,1H3,(H,18,20)/t13?,14-,15?/m0/s1. The van der Waals surface area contributed by atoms with E-state index in [-0.39, 0.29) is 23.8 Å². The minimum atomic E-state index is -0.605. The van der Waals surface area contributed by atoms with E-state index in [9.17, 15) is 9.59 Å². The number of hydrogen-bond acceptors (Lipinski definition) is 4. The maximum atomic E-state index is 12.5. The third-order valence-electron chi connectivity index (χ3n) is 4.69. The van der Waals surface area contributed by atoms with E-state index < -0.39 is 6.04 Å². The van der Waals surface area contributed by atoms with Crippen LogP contribution >= 0.6 is 0 Å². The Morgan fingerprint density at radius 3 is 2.50 bits per heavy atom. The zero-order valence-electron chi connectivity index (χ0n) is 12.8. The molecule has 0 spiro atoms. The molecule has 2 heterocycles. The van der Waals surface area contributed by atoms with E-state index in [2.05, 4.69) is 10.2 Å². The van der Waals surface area contributed by atoms with Crippen LogP contribution in [-0.4, -0.2) is 49.1 Å². The molecule has 22 heavy (non-hydrogen) atoms. The van der Waals surface area contributed by atoms with E-state index in [4.69, 9.17) is 4.74 Å². The van der Waals surface area contributed by atoms with Crippen molar-refractivity contribution in [3.05, 3.63) is 35.9 Å². The highest BCUT2D eigenvalue weighted by molar-refractivity contribution is 5.94. The molecule has 0 bridgehead atoms. The van der Waals surface area contributed by atoms with Crippen LogP contribution in [0.4, 0.5) is 0 Å². The summed E-state index contributed by atoms with van der Waals surface area (Å²) < 4.78 is 4.90. The van der Waals surface area contributed by atoms with Crippen molar-refractivity contribution < 1.29 is 14.3 Å². The molecular weight excluding hydrogens is 280 g/mol. The van der Waals surface area contributed by atoms with Gasteiger partial charge in [0.15, 0.2) is 0 Å². The highest BCUT2D eigenvalue weighted by Gasteiger charge is 2.49. The highest BCUT2D eigenvalue weighted by atomic mass is 16.5. The first-order chi connectivity index (χ1) is 10.7. The lowest BCUT2D eigenvalue weighted by Crippen LogP contribution is -2.46. The summed E-state index contributed by atoms with van der Waals surface area (Å²) in [5.74, 6) is -0.632. The van der Waals surface area contributed by atoms with Crippen LogP contribution < -0.4 is 5.32 Å². The third kappa shape index (κ3) is 2.73. The zero-order chi connectivity index (χ0) is 15.5. The molecule has 1 N–H and O–H groups in total.